The maximum Gasteiger partial charge on any atom is 0.249 e. The van der Waals surface area contributed by atoms with Gasteiger partial charge in [0.1, 0.15) is 10.7 Å². The van der Waals surface area contributed by atoms with Gasteiger partial charge >= 0.3 is 0 Å². The van der Waals surface area contributed by atoms with Crippen LogP contribution < -0.4 is 10.5 Å². The minimum absolute atomic E-state index is 0.240. The summed E-state index contributed by atoms with van der Waals surface area (Å²) in [6.07, 6.45) is 1.53. The second kappa shape index (κ2) is 5.75. The number of hydrogen-bond acceptors (Lipinski definition) is 4. The first kappa shape index (κ1) is 13.4. The molecule has 1 aromatic carbocycles. The zero-order valence-electron chi connectivity index (χ0n) is 10.8. The lowest BCUT2D eigenvalue weighted by atomic mass is 10.0. The van der Waals surface area contributed by atoms with E-state index in [-0.39, 0.29) is 4.99 Å². The van der Waals surface area contributed by atoms with E-state index in [9.17, 15) is 0 Å². The van der Waals surface area contributed by atoms with Crippen LogP contribution in [0.4, 0.5) is 0 Å². The van der Waals surface area contributed by atoms with Crippen molar-refractivity contribution in [3.63, 3.8) is 0 Å². The molecule has 0 radical (unpaired) electrons. The quantitative estimate of drug-likeness (QED) is 0.868. The Hall–Kier alpha value is -2.01. The lowest BCUT2D eigenvalue weighted by molar-refractivity contribution is 0.454. The molecule has 0 saturated heterocycles. The molecule has 98 valence electrons. The maximum atomic E-state index is 5.66. The maximum absolute atomic E-state index is 5.66. The topological polar surface area (TPSA) is 61.0 Å². The predicted molar refractivity (Wildman–Crippen MR) is 78.5 cm³/mol. The van der Waals surface area contributed by atoms with Gasteiger partial charge in [0.15, 0.2) is 0 Å². The summed E-state index contributed by atoms with van der Waals surface area (Å²) in [5, 5.41) is 7.69. The average molecular weight is 273 g/mol. The molecule has 1 heterocycles. The van der Waals surface area contributed by atoms with Gasteiger partial charge in [0, 0.05) is 0 Å². The Bertz CT molecular complexity index is 581. The van der Waals surface area contributed by atoms with Gasteiger partial charge in [0.05, 0.1) is 11.8 Å². The molecule has 2 N–H and O–H groups in total. The Morgan fingerprint density at radius 2 is 1.89 bits per heavy atom. The molecule has 19 heavy (non-hydrogen) atoms. The summed E-state index contributed by atoms with van der Waals surface area (Å²) in [5.41, 5.74) is 7.45. The molecule has 0 unspecified atom stereocenters. The molecule has 2 aromatic rings. The molecular weight excluding hydrogens is 258 g/mol. The SMILES string of the molecule is CC(C)c1ccc(Oc2nnccc2C(N)=S)cc1. The fraction of sp³-hybridized carbons (Fsp3) is 0.214. The smallest absolute Gasteiger partial charge is 0.249 e. The molecule has 1 aromatic heterocycles. The molecule has 0 bridgehead atoms. The molecule has 0 aliphatic carbocycles. The van der Waals surface area contributed by atoms with Crippen LogP contribution in [0.1, 0.15) is 30.9 Å². The first-order chi connectivity index (χ1) is 9.08. The summed E-state index contributed by atoms with van der Waals surface area (Å²) in [5.74, 6) is 1.49. The van der Waals surface area contributed by atoms with E-state index in [0.717, 1.165) is 0 Å². The summed E-state index contributed by atoms with van der Waals surface area (Å²) in [4.78, 5) is 0.240. The van der Waals surface area contributed by atoms with Gasteiger partial charge < -0.3 is 10.5 Å². The minimum Gasteiger partial charge on any atom is -0.437 e. The van der Waals surface area contributed by atoms with Gasteiger partial charge in [-0.2, -0.15) is 5.10 Å². The lowest BCUT2D eigenvalue weighted by Gasteiger charge is -2.09. The average Bonchev–Trinajstić information content (AvgIpc) is 2.39. The van der Waals surface area contributed by atoms with E-state index in [1.807, 2.05) is 24.3 Å². The molecular formula is C14H15N3OS. The van der Waals surface area contributed by atoms with Gasteiger partial charge in [-0.25, -0.2) is 0 Å². The van der Waals surface area contributed by atoms with Crippen molar-refractivity contribution in [3.8, 4) is 11.6 Å². The molecule has 0 atom stereocenters. The number of nitrogens with two attached hydrogens (primary N) is 1. The van der Waals surface area contributed by atoms with Crippen LogP contribution in [0.25, 0.3) is 0 Å². The van der Waals surface area contributed by atoms with Crippen LogP contribution in [0.3, 0.4) is 0 Å². The van der Waals surface area contributed by atoms with Crippen molar-refractivity contribution in [1.29, 1.82) is 0 Å². The van der Waals surface area contributed by atoms with Crippen molar-refractivity contribution < 1.29 is 4.74 Å². The van der Waals surface area contributed by atoms with Gasteiger partial charge in [0.25, 0.3) is 0 Å². The first-order valence-corrected chi connectivity index (χ1v) is 6.38. The van der Waals surface area contributed by atoms with E-state index in [1.165, 1.54) is 11.8 Å². The van der Waals surface area contributed by atoms with Crippen LogP contribution in [0.15, 0.2) is 36.5 Å². The summed E-state index contributed by atoms with van der Waals surface area (Å²) >= 11 is 4.95. The third-order valence-electron chi connectivity index (χ3n) is 2.71. The van der Waals surface area contributed by atoms with Crippen molar-refractivity contribution >= 4 is 17.2 Å². The monoisotopic (exact) mass is 273 g/mol. The number of rotatable bonds is 4. The largest absolute Gasteiger partial charge is 0.437 e. The minimum atomic E-state index is 0.240. The number of ether oxygens (including phenoxy) is 1. The van der Waals surface area contributed by atoms with Crippen LogP contribution in [0.5, 0.6) is 11.6 Å². The van der Waals surface area contributed by atoms with E-state index in [4.69, 9.17) is 22.7 Å². The van der Waals surface area contributed by atoms with Gasteiger partial charge in [-0.05, 0) is 29.7 Å². The molecule has 0 aliphatic rings. The molecule has 2 rings (SSSR count). The Kier molecular flexibility index (Phi) is 4.06. The molecule has 5 heteroatoms. The van der Waals surface area contributed by atoms with E-state index >= 15 is 0 Å². The third kappa shape index (κ3) is 3.26. The van der Waals surface area contributed by atoms with Gasteiger partial charge in [-0.3, -0.25) is 0 Å². The number of benzene rings is 1. The van der Waals surface area contributed by atoms with Gasteiger partial charge in [-0.1, -0.05) is 38.2 Å². The normalized spacial score (nSPS) is 10.5. The molecule has 0 spiro atoms. The number of hydrogen-bond donors (Lipinski definition) is 1. The lowest BCUT2D eigenvalue weighted by Crippen LogP contribution is -2.12. The fourth-order valence-electron chi connectivity index (χ4n) is 1.61. The highest BCUT2D eigenvalue weighted by Gasteiger charge is 2.09. The van der Waals surface area contributed by atoms with Crippen LogP contribution >= 0.6 is 12.2 Å². The summed E-state index contributed by atoms with van der Waals surface area (Å²) in [6.45, 7) is 4.28. The second-order valence-corrected chi connectivity index (χ2v) is 4.88. The van der Waals surface area contributed by atoms with Crippen molar-refractivity contribution in [2.24, 2.45) is 5.73 Å². The number of aromatic nitrogens is 2. The molecule has 0 amide bonds. The van der Waals surface area contributed by atoms with Crippen LogP contribution in [-0.4, -0.2) is 15.2 Å². The Morgan fingerprint density at radius 3 is 2.47 bits per heavy atom. The van der Waals surface area contributed by atoms with Crippen molar-refractivity contribution in [3.05, 3.63) is 47.7 Å². The second-order valence-electron chi connectivity index (χ2n) is 4.44. The molecule has 0 fully saturated rings. The van der Waals surface area contributed by atoms with Crippen LogP contribution in [0, 0.1) is 0 Å². The van der Waals surface area contributed by atoms with Gasteiger partial charge in [0.2, 0.25) is 5.88 Å². The third-order valence-corrected chi connectivity index (χ3v) is 2.93. The Morgan fingerprint density at radius 1 is 1.21 bits per heavy atom. The van der Waals surface area contributed by atoms with E-state index in [1.54, 1.807) is 6.07 Å². The Balaban J connectivity index is 2.24. The number of thiocarbonyl (C=S) groups is 1. The van der Waals surface area contributed by atoms with Crippen molar-refractivity contribution in [2.75, 3.05) is 0 Å². The zero-order chi connectivity index (χ0) is 13.8. The number of nitrogens with zero attached hydrogens (tertiary/aromatic N) is 2. The van der Waals surface area contributed by atoms with E-state index in [0.29, 0.717) is 23.1 Å². The van der Waals surface area contributed by atoms with Crippen LogP contribution in [0.2, 0.25) is 0 Å². The highest BCUT2D eigenvalue weighted by molar-refractivity contribution is 7.80. The fourth-order valence-corrected chi connectivity index (χ4v) is 1.77. The van der Waals surface area contributed by atoms with Crippen molar-refractivity contribution in [1.82, 2.24) is 10.2 Å². The summed E-state index contributed by atoms with van der Waals surface area (Å²) < 4.78 is 5.66. The summed E-state index contributed by atoms with van der Waals surface area (Å²) in [6, 6.07) is 9.53. The Labute approximate surface area is 117 Å². The molecule has 0 aliphatic heterocycles. The first-order valence-electron chi connectivity index (χ1n) is 5.97. The summed E-state index contributed by atoms with van der Waals surface area (Å²) in [7, 11) is 0. The highest BCUT2D eigenvalue weighted by atomic mass is 32.1. The van der Waals surface area contributed by atoms with E-state index in [2.05, 4.69) is 24.0 Å². The van der Waals surface area contributed by atoms with Gasteiger partial charge in [-0.15, -0.1) is 5.10 Å². The molecule has 0 saturated carbocycles. The van der Waals surface area contributed by atoms with E-state index < -0.39 is 0 Å². The zero-order valence-corrected chi connectivity index (χ0v) is 11.6. The highest BCUT2D eigenvalue weighted by Crippen LogP contribution is 2.24. The van der Waals surface area contributed by atoms with Crippen LogP contribution in [-0.2, 0) is 0 Å². The standard InChI is InChI=1S/C14H15N3OS/c1-9(2)10-3-5-11(6-4-10)18-14-12(13(15)19)7-8-16-17-14/h3-9H,1-2H3,(H2,15,19). The van der Waals surface area contributed by atoms with Crippen molar-refractivity contribution in [2.45, 2.75) is 19.8 Å². The predicted octanol–water partition coefficient (Wildman–Crippen LogP) is 3.03. The molecule has 4 nitrogen and oxygen atoms in total.